The number of benzene rings is 2. The molecule has 1 saturated heterocycles. The molecule has 4 rings (SSSR count). The molecule has 1 aliphatic carbocycles. The van der Waals surface area contributed by atoms with E-state index in [4.69, 9.17) is 0 Å². The summed E-state index contributed by atoms with van der Waals surface area (Å²) in [6.45, 7) is 2.06. The Bertz CT molecular complexity index is 932. The highest BCUT2D eigenvalue weighted by Crippen LogP contribution is 2.39. The van der Waals surface area contributed by atoms with E-state index in [0.29, 0.717) is 6.42 Å². The van der Waals surface area contributed by atoms with E-state index in [1.165, 1.54) is 5.56 Å². The molecule has 1 aliphatic heterocycles. The van der Waals surface area contributed by atoms with Crippen molar-refractivity contribution in [2.24, 2.45) is 11.8 Å². The maximum Gasteiger partial charge on any atom is 0.231 e. The van der Waals surface area contributed by atoms with E-state index in [2.05, 4.69) is 61.6 Å². The molecule has 0 radical (unpaired) electrons. The molecule has 2 nitrogen and oxygen atoms in total. The van der Waals surface area contributed by atoms with Crippen molar-refractivity contribution >= 4 is 17.7 Å². The van der Waals surface area contributed by atoms with Crippen molar-refractivity contribution in [2.75, 3.05) is 4.90 Å². The fourth-order valence-corrected chi connectivity index (χ4v) is 3.73. The summed E-state index contributed by atoms with van der Waals surface area (Å²) in [7, 11) is 0. The lowest BCUT2D eigenvalue weighted by molar-refractivity contribution is -0.119. The topological polar surface area (TPSA) is 20.3 Å². The van der Waals surface area contributed by atoms with Crippen molar-refractivity contribution in [1.82, 2.24) is 0 Å². The van der Waals surface area contributed by atoms with Gasteiger partial charge in [0.2, 0.25) is 5.91 Å². The van der Waals surface area contributed by atoms with Gasteiger partial charge in [-0.05, 0) is 36.6 Å². The van der Waals surface area contributed by atoms with Crippen LogP contribution in [0.2, 0.25) is 0 Å². The number of nitrogens with zero attached hydrogens (tertiary/aromatic N) is 1. The third-order valence-corrected chi connectivity index (χ3v) is 5.16. The second-order valence-electron chi connectivity index (χ2n) is 7.09. The molecule has 2 aromatic carbocycles. The first kappa shape index (κ1) is 17.3. The Kier molecular flexibility index (Phi) is 4.88. The van der Waals surface area contributed by atoms with Gasteiger partial charge in [0, 0.05) is 23.7 Å². The van der Waals surface area contributed by atoms with Crippen LogP contribution in [-0.4, -0.2) is 5.91 Å². The fraction of sp³-hybridized carbons (Fsp3) is 0.160. The van der Waals surface area contributed by atoms with Crippen LogP contribution in [0.4, 0.5) is 5.69 Å². The Morgan fingerprint density at radius 2 is 1.74 bits per heavy atom. The van der Waals surface area contributed by atoms with Crippen LogP contribution < -0.4 is 4.90 Å². The van der Waals surface area contributed by atoms with Crippen LogP contribution in [0.25, 0.3) is 6.08 Å². The van der Waals surface area contributed by atoms with E-state index in [1.54, 1.807) is 0 Å². The molecule has 1 amide bonds. The predicted octanol–water partition coefficient (Wildman–Crippen LogP) is 5.69. The van der Waals surface area contributed by atoms with Crippen molar-refractivity contribution in [1.29, 1.82) is 0 Å². The summed E-state index contributed by atoms with van der Waals surface area (Å²) in [5.74, 6) is 0.480. The molecule has 27 heavy (non-hydrogen) atoms. The zero-order valence-electron chi connectivity index (χ0n) is 15.5. The van der Waals surface area contributed by atoms with Gasteiger partial charge in [0.1, 0.15) is 0 Å². The van der Waals surface area contributed by atoms with Crippen molar-refractivity contribution in [3.8, 4) is 0 Å². The van der Waals surface area contributed by atoms with Crippen LogP contribution in [0, 0.1) is 18.8 Å². The van der Waals surface area contributed by atoms with E-state index in [0.717, 1.165) is 16.9 Å². The summed E-state index contributed by atoms with van der Waals surface area (Å²) in [6.07, 6.45) is 15.2. The van der Waals surface area contributed by atoms with Crippen molar-refractivity contribution in [3.63, 3.8) is 0 Å². The number of carbonyl (C=O) groups excluding carboxylic acids is 1. The summed E-state index contributed by atoms with van der Waals surface area (Å²) >= 11 is 0. The number of allylic oxidation sites excluding steroid dienone is 6. The Morgan fingerprint density at radius 3 is 2.52 bits per heavy atom. The summed E-state index contributed by atoms with van der Waals surface area (Å²) in [5, 5.41) is 0. The zero-order chi connectivity index (χ0) is 18.6. The zero-order valence-corrected chi connectivity index (χ0v) is 15.5. The molecular weight excluding hydrogens is 330 g/mol. The number of amides is 1. The molecule has 1 fully saturated rings. The van der Waals surface area contributed by atoms with Gasteiger partial charge >= 0.3 is 0 Å². The first-order valence-corrected chi connectivity index (χ1v) is 9.40. The number of carbonyl (C=O) groups is 1. The first-order chi connectivity index (χ1) is 13.2. The van der Waals surface area contributed by atoms with Crippen molar-refractivity contribution in [3.05, 3.63) is 108 Å². The molecule has 0 spiro atoms. The normalized spacial score (nSPS) is 21.9. The van der Waals surface area contributed by atoms with E-state index in [1.807, 2.05) is 47.4 Å². The second-order valence-corrected chi connectivity index (χ2v) is 7.09. The van der Waals surface area contributed by atoms with Gasteiger partial charge in [-0.3, -0.25) is 9.69 Å². The van der Waals surface area contributed by atoms with Crippen molar-refractivity contribution < 1.29 is 4.79 Å². The number of anilines is 1. The summed E-state index contributed by atoms with van der Waals surface area (Å²) in [6, 6.07) is 18.4. The van der Waals surface area contributed by atoms with Gasteiger partial charge in [-0.15, -0.1) is 0 Å². The van der Waals surface area contributed by atoms with Gasteiger partial charge in [0.25, 0.3) is 0 Å². The second kappa shape index (κ2) is 7.63. The molecule has 2 atom stereocenters. The van der Waals surface area contributed by atoms with Gasteiger partial charge in [0.05, 0.1) is 0 Å². The van der Waals surface area contributed by atoms with Gasteiger partial charge in [0.15, 0.2) is 0 Å². The standard InChI is InChI=1S/C25H23NO/c1-19-12-16-22(17-13-19)26-24-11-7-3-6-10-23(24)21(18-25(26)27)15-14-20-8-4-2-5-9-20/h2-17,21,23H,18H2,1H3/b15-14+/t21-,23+/m1/s1. The lowest BCUT2D eigenvalue weighted by Gasteiger charge is -2.38. The number of piperidine rings is 1. The quantitative estimate of drug-likeness (QED) is 0.694. The van der Waals surface area contributed by atoms with E-state index in [-0.39, 0.29) is 17.7 Å². The van der Waals surface area contributed by atoms with Crippen molar-refractivity contribution in [2.45, 2.75) is 13.3 Å². The van der Waals surface area contributed by atoms with Crippen LogP contribution in [-0.2, 0) is 4.79 Å². The van der Waals surface area contributed by atoms with Crippen LogP contribution in [0.1, 0.15) is 17.5 Å². The lowest BCUT2D eigenvalue weighted by Crippen LogP contribution is -2.41. The highest BCUT2D eigenvalue weighted by atomic mass is 16.2. The smallest absolute Gasteiger partial charge is 0.231 e. The number of hydrogen-bond donors (Lipinski definition) is 0. The van der Waals surface area contributed by atoms with Gasteiger partial charge in [-0.1, -0.05) is 84.5 Å². The third kappa shape index (κ3) is 3.70. The number of fused-ring (bicyclic) bond motifs is 1. The summed E-state index contributed by atoms with van der Waals surface area (Å²) in [5.41, 5.74) is 4.34. The van der Waals surface area contributed by atoms with Gasteiger partial charge < -0.3 is 0 Å². The minimum absolute atomic E-state index is 0.146. The molecule has 0 N–H and O–H groups in total. The Morgan fingerprint density at radius 1 is 0.963 bits per heavy atom. The first-order valence-electron chi connectivity index (χ1n) is 9.40. The number of rotatable bonds is 3. The van der Waals surface area contributed by atoms with E-state index >= 15 is 0 Å². The average molecular weight is 353 g/mol. The molecule has 2 heteroatoms. The molecular formula is C25H23NO. The molecule has 134 valence electrons. The molecule has 0 aromatic heterocycles. The van der Waals surface area contributed by atoms with Gasteiger partial charge in [-0.2, -0.15) is 0 Å². The maximum atomic E-state index is 13.1. The SMILES string of the molecule is Cc1ccc(N2C(=O)C[C@@H](/C=C/c3ccccc3)[C@@H]3C=CC=CC=C32)cc1. The summed E-state index contributed by atoms with van der Waals surface area (Å²) < 4.78 is 0. The van der Waals surface area contributed by atoms with Crippen LogP contribution in [0.15, 0.2) is 96.8 Å². The van der Waals surface area contributed by atoms with Crippen LogP contribution >= 0.6 is 0 Å². The minimum atomic E-state index is 0.146. The highest BCUT2D eigenvalue weighted by Gasteiger charge is 2.36. The molecule has 2 aromatic rings. The molecule has 0 saturated carbocycles. The average Bonchev–Trinajstić information content (AvgIpc) is 2.94. The highest BCUT2D eigenvalue weighted by molar-refractivity contribution is 5.98. The molecule has 1 heterocycles. The number of hydrogen-bond acceptors (Lipinski definition) is 1. The Hall–Kier alpha value is -3.13. The van der Waals surface area contributed by atoms with Crippen LogP contribution in [0.5, 0.6) is 0 Å². The monoisotopic (exact) mass is 353 g/mol. The van der Waals surface area contributed by atoms with Gasteiger partial charge in [-0.25, -0.2) is 0 Å². The fourth-order valence-electron chi connectivity index (χ4n) is 3.73. The molecule has 0 bridgehead atoms. The molecule has 0 unspecified atom stereocenters. The Labute approximate surface area is 160 Å². The number of aryl methyl sites for hydroxylation is 1. The minimum Gasteiger partial charge on any atom is -0.284 e. The summed E-state index contributed by atoms with van der Waals surface area (Å²) in [4.78, 5) is 15.0. The van der Waals surface area contributed by atoms with E-state index < -0.39 is 0 Å². The molecule has 2 aliphatic rings. The lowest BCUT2D eigenvalue weighted by atomic mass is 9.81. The van der Waals surface area contributed by atoms with Crippen LogP contribution in [0.3, 0.4) is 0 Å². The maximum absolute atomic E-state index is 13.1. The largest absolute Gasteiger partial charge is 0.284 e. The van der Waals surface area contributed by atoms with E-state index in [9.17, 15) is 4.79 Å². The third-order valence-electron chi connectivity index (χ3n) is 5.16. The predicted molar refractivity (Wildman–Crippen MR) is 112 cm³/mol. The Balaban J connectivity index is 1.68.